The van der Waals surface area contributed by atoms with Crippen LogP contribution in [0.2, 0.25) is 5.02 Å². The number of aromatic nitrogens is 1. The highest BCUT2D eigenvalue weighted by Gasteiger charge is 2.33. The fourth-order valence-electron chi connectivity index (χ4n) is 3.54. The minimum Gasteiger partial charge on any atom is -0.265 e. The second-order valence-corrected chi connectivity index (χ2v) is 9.65. The Balaban J connectivity index is 1.70. The first-order valence-electron chi connectivity index (χ1n) is 10.6. The van der Waals surface area contributed by atoms with Crippen LogP contribution in [0.5, 0.6) is 0 Å². The lowest BCUT2D eigenvalue weighted by Crippen LogP contribution is -2.41. The van der Waals surface area contributed by atoms with E-state index in [1.165, 1.54) is 12.1 Å². The third-order valence-electron chi connectivity index (χ3n) is 5.17. The van der Waals surface area contributed by atoms with E-state index < -0.39 is 10.0 Å². The van der Waals surface area contributed by atoms with E-state index in [0.717, 1.165) is 23.3 Å². The number of nitrogens with one attached hydrogen (secondary N) is 1. The van der Waals surface area contributed by atoms with Crippen molar-refractivity contribution >= 4 is 33.3 Å². The fraction of sp³-hybridized carbons (Fsp3) is 0.208. The molecule has 1 aromatic heterocycles. The van der Waals surface area contributed by atoms with Crippen LogP contribution in [0.3, 0.4) is 0 Å². The maximum Gasteiger partial charge on any atom is 0.264 e. The standard InChI is InChI=1S/C24H24ClN5O2S/c1-2-14-27-24(29-33(31,32)21-10-8-20(25)9-11-21)30-17-22(18-6-4-3-5-7-18)23(28-30)19-12-15-26-16-13-19/h3-13,15-16,22H,2,14,17H2,1H3,(H,27,29). The number of benzene rings is 2. The number of hydrazone groups is 1. The van der Waals surface area contributed by atoms with Crippen LogP contribution in [0, 0.1) is 0 Å². The lowest BCUT2D eigenvalue weighted by atomic mass is 9.91. The molecule has 2 aromatic carbocycles. The summed E-state index contributed by atoms with van der Waals surface area (Å²) in [5, 5.41) is 6.90. The van der Waals surface area contributed by atoms with Crippen molar-refractivity contribution in [3.05, 3.63) is 95.3 Å². The predicted octanol–water partition coefficient (Wildman–Crippen LogP) is 4.28. The Morgan fingerprint density at radius 3 is 2.45 bits per heavy atom. The summed E-state index contributed by atoms with van der Waals surface area (Å²) in [5.74, 6) is 0.136. The lowest BCUT2D eigenvalue weighted by Gasteiger charge is -2.20. The van der Waals surface area contributed by atoms with Gasteiger partial charge in [0.25, 0.3) is 10.0 Å². The molecule has 9 heteroatoms. The molecule has 1 aliphatic heterocycles. The van der Waals surface area contributed by atoms with Gasteiger partial charge in [-0.1, -0.05) is 48.9 Å². The van der Waals surface area contributed by atoms with Gasteiger partial charge in [0.15, 0.2) is 0 Å². The molecular weight excluding hydrogens is 458 g/mol. The van der Waals surface area contributed by atoms with Crippen LogP contribution in [0.15, 0.2) is 94.1 Å². The molecule has 0 amide bonds. The summed E-state index contributed by atoms with van der Waals surface area (Å²) in [6.45, 7) is 2.90. The van der Waals surface area contributed by atoms with Crippen LogP contribution >= 0.6 is 11.6 Å². The number of hydrogen-bond acceptors (Lipinski definition) is 5. The Morgan fingerprint density at radius 1 is 1.09 bits per heavy atom. The van der Waals surface area contributed by atoms with Gasteiger partial charge in [-0.05, 0) is 48.4 Å². The number of sulfonamides is 1. The highest BCUT2D eigenvalue weighted by Crippen LogP contribution is 2.29. The molecule has 0 aliphatic carbocycles. The molecule has 1 aliphatic rings. The SMILES string of the molecule is CCCN=C(NS(=O)(=O)c1ccc(Cl)cc1)N1CC(c2ccccc2)C(c2ccncc2)=N1. The minimum atomic E-state index is -3.87. The number of halogens is 1. The summed E-state index contributed by atoms with van der Waals surface area (Å²) >= 11 is 5.92. The molecule has 1 unspecified atom stereocenters. The summed E-state index contributed by atoms with van der Waals surface area (Å²) in [4.78, 5) is 8.72. The summed E-state index contributed by atoms with van der Waals surface area (Å²) < 4.78 is 28.8. The van der Waals surface area contributed by atoms with Gasteiger partial charge in [-0.15, -0.1) is 0 Å². The van der Waals surface area contributed by atoms with Gasteiger partial charge >= 0.3 is 0 Å². The molecule has 1 N–H and O–H groups in total. The van der Waals surface area contributed by atoms with Crippen molar-refractivity contribution < 1.29 is 8.42 Å². The molecule has 3 aromatic rings. The van der Waals surface area contributed by atoms with Crippen molar-refractivity contribution in [3.8, 4) is 0 Å². The average Bonchev–Trinajstić information content (AvgIpc) is 3.29. The van der Waals surface area contributed by atoms with E-state index in [9.17, 15) is 8.42 Å². The van der Waals surface area contributed by atoms with E-state index in [2.05, 4.69) is 14.7 Å². The lowest BCUT2D eigenvalue weighted by molar-refractivity contribution is 0.460. The van der Waals surface area contributed by atoms with Crippen LogP contribution in [0.4, 0.5) is 0 Å². The van der Waals surface area contributed by atoms with Gasteiger partial charge in [0.1, 0.15) is 0 Å². The Labute approximate surface area is 198 Å². The van der Waals surface area contributed by atoms with Gasteiger partial charge in [-0.25, -0.2) is 18.1 Å². The Kier molecular flexibility index (Phi) is 7.05. The second-order valence-electron chi connectivity index (χ2n) is 7.53. The molecule has 4 rings (SSSR count). The minimum absolute atomic E-state index is 0.0551. The third-order valence-corrected chi connectivity index (χ3v) is 6.77. The monoisotopic (exact) mass is 481 g/mol. The van der Waals surface area contributed by atoms with Crippen molar-refractivity contribution in [1.29, 1.82) is 0 Å². The molecule has 0 radical (unpaired) electrons. The first kappa shape index (κ1) is 22.9. The van der Waals surface area contributed by atoms with Crippen molar-refractivity contribution in [2.24, 2.45) is 10.1 Å². The Bertz CT molecular complexity index is 1250. The highest BCUT2D eigenvalue weighted by molar-refractivity contribution is 7.90. The molecule has 7 nitrogen and oxygen atoms in total. The number of guanidine groups is 1. The summed E-state index contributed by atoms with van der Waals surface area (Å²) in [5.41, 5.74) is 2.85. The van der Waals surface area contributed by atoms with Crippen LogP contribution in [-0.4, -0.2) is 43.2 Å². The van der Waals surface area contributed by atoms with Crippen molar-refractivity contribution in [1.82, 2.24) is 14.7 Å². The Morgan fingerprint density at radius 2 is 1.79 bits per heavy atom. The summed E-state index contributed by atoms with van der Waals surface area (Å²) in [6.07, 6.45) is 4.21. The normalized spacial score (nSPS) is 16.5. The molecule has 1 atom stereocenters. The van der Waals surface area contributed by atoms with Crippen molar-refractivity contribution in [2.75, 3.05) is 13.1 Å². The van der Waals surface area contributed by atoms with Crippen LogP contribution < -0.4 is 4.72 Å². The van der Waals surface area contributed by atoms with E-state index in [-0.39, 0.29) is 16.8 Å². The predicted molar refractivity (Wildman–Crippen MR) is 131 cm³/mol. The molecule has 0 spiro atoms. The van der Waals surface area contributed by atoms with Gasteiger partial charge in [0.05, 0.1) is 17.2 Å². The molecule has 2 heterocycles. The molecule has 170 valence electrons. The highest BCUT2D eigenvalue weighted by atomic mass is 35.5. The third kappa shape index (κ3) is 5.40. The van der Waals surface area contributed by atoms with E-state index in [0.29, 0.717) is 18.1 Å². The van der Waals surface area contributed by atoms with E-state index in [4.69, 9.17) is 16.7 Å². The largest absolute Gasteiger partial charge is 0.265 e. The second kappa shape index (κ2) is 10.1. The van der Waals surface area contributed by atoms with Gasteiger partial charge in [-0.2, -0.15) is 5.10 Å². The van der Waals surface area contributed by atoms with Crippen molar-refractivity contribution in [3.63, 3.8) is 0 Å². The quantitative estimate of drug-likeness (QED) is 0.420. The molecule has 0 saturated heterocycles. The average molecular weight is 482 g/mol. The maximum atomic E-state index is 13.1. The first-order valence-corrected chi connectivity index (χ1v) is 12.5. The number of nitrogens with zero attached hydrogens (tertiary/aromatic N) is 4. The van der Waals surface area contributed by atoms with Crippen molar-refractivity contribution in [2.45, 2.75) is 24.2 Å². The van der Waals surface area contributed by atoms with E-state index >= 15 is 0 Å². The number of aliphatic imine (C=N–C) groups is 1. The molecule has 0 fully saturated rings. The number of hydrogen-bond donors (Lipinski definition) is 1. The molecule has 33 heavy (non-hydrogen) atoms. The van der Waals surface area contributed by atoms with E-state index in [1.54, 1.807) is 29.5 Å². The maximum absolute atomic E-state index is 13.1. The zero-order valence-corrected chi connectivity index (χ0v) is 19.7. The summed E-state index contributed by atoms with van der Waals surface area (Å²) in [7, 11) is -3.87. The van der Waals surface area contributed by atoms with Gasteiger partial charge in [0.2, 0.25) is 5.96 Å². The number of pyridine rings is 1. The van der Waals surface area contributed by atoms with Crippen LogP contribution in [0.1, 0.15) is 30.4 Å². The molecular formula is C24H24ClN5O2S. The van der Waals surface area contributed by atoms with Crippen LogP contribution in [-0.2, 0) is 10.0 Å². The zero-order valence-electron chi connectivity index (χ0n) is 18.1. The number of rotatable bonds is 6. The molecule has 0 bridgehead atoms. The van der Waals surface area contributed by atoms with Gasteiger partial charge in [0, 0.05) is 35.4 Å². The zero-order chi connectivity index (χ0) is 23.3. The smallest absolute Gasteiger partial charge is 0.264 e. The van der Waals surface area contributed by atoms with Crippen LogP contribution in [0.25, 0.3) is 0 Å². The van der Waals surface area contributed by atoms with E-state index in [1.807, 2.05) is 49.4 Å². The Hall–Kier alpha value is -3.23. The topological polar surface area (TPSA) is 87.0 Å². The fourth-order valence-corrected chi connectivity index (χ4v) is 4.69. The summed E-state index contributed by atoms with van der Waals surface area (Å²) in [6, 6.07) is 19.8. The van der Waals surface area contributed by atoms with Gasteiger partial charge in [-0.3, -0.25) is 9.98 Å². The first-order chi connectivity index (χ1) is 16.0. The van der Waals surface area contributed by atoms with Gasteiger partial charge < -0.3 is 0 Å². The molecule has 0 saturated carbocycles.